The van der Waals surface area contributed by atoms with E-state index in [1.54, 1.807) is 12.3 Å². The Morgan fingerprint density at radius 2 is 2.00 bits per heavy atom. The summed E-state index contributed by atoms with van der Waals surface area (Å²) in [7, 11) is 1.37. The number of hydrogen-bond acceptors (Lipinski definition) is 4. The molecule has 0 unspecified atom stereocenters. The number of hydrogen-bond donors (Lipinski definition) is 0. The summed E-state index contributed by atoms with van der Waals surface area (Å²) in [5.41, 5.74) is 3.55. The summed E-state index contributed by atoms with van der Waals surface area (Å²) in [5, 5.41) is 9.83. The molecule has 0 amide bonds. The zero-order valence-electron chi connectivity index (χ0n) is 12.1. The lowest BCUT2D eigenvalue weighted by Gasteiger charge is -2.09. The molecule has 3 aromatic rings. The largest absolute Gasteiger partial charge is 0.465 e. The van der Waals surface area contributed by atoms with Crippen molar-refractivity contribution in [1.82, 2.24) is 10.2 Å². The van der Waals surface area contributed by atoms with E-state index in [4.69, 9.17) is 16.3 Å². The van der Waals surface area contributed by atoms with E-state index in [0.29, 0.717) is 10.7 Å². The number of rotatable bonds is 2. The number of aryl methyl sites for hydroxylation is 1. The maximum absolute atomic E-state index is 11.7. The molecule has 0 bridgehead atoms. The fourth-order valence-corrected chi connectivity index (χ4v) is 2.61. The second kappa shape index (κ2) is 5.73. The fraction of sp³-hybridized carbons (Fsp3) is 0.118. The number of methoxy groups -OCH3 is 1. The van der Waals surface area contributed by atoms with E-state index in [1.807, 2.05) is 37.3 Å². The van der Waals surface area contributed by atoms with Crippen molar-refractivity contribution in [3.63, 3.8) is 0 Å². The van der Waals surface area contributed by atoms with Crippen LogP contribution in [0.3, 0.4) is 0 Å². The molecule has 0 radical (unpaired) electrons. The number of aromatic nitrogens is 2. The number of halogens is 1. The number of fused-ring (bicyclic) bond motifs is 1. The number of benzene rings is 2. The third-order valence-electron chi connectivity index (χ3n) is 3.59. The topological polar surface area (TPSA) is 52.1 Å². The van der Waals surface area contributed by atoms with Crippen LogP contribution >= 0.6 is 11.6 Å². The lowest BCUT2D eigenvalue weighted by Crippen LogP contribution is -2.01. The zero-order valence-corrected chi connectivity index (χ0v) is 12.9. The van der Waals surface area contributed by atoms with E-state index < -0.39 is 0 Å². The predicted octanol–water partition coefficient (Wildman–Crippen LogP) is 4.05. The van der Waals surface area contributed by atoms with Crippen molar-refractivity contribution >= 4 is 28.3 Å². The minimum atomic E-state index is -0.351. The van der Waals surface area contributed by atoms with Gasteiger partial charge in [-0.25, -0.2) is 4.79 Å². The third-order valence-corrected chi connectivity index (χ3v) is 3.87. The summed E-state index contributed by atoms with van der Waals surface area (Å²) < 4.78 is 4.78. The van der Waals surface area contributed by atoms with Gasteiger partial charge in [0.05, 0.1) is 18.9 Å². The van der Waals surface area contributed by atoms with Crippen LogP contribution in [0.15, 0.2) is 42.6 Å². The molecule has 22 heavy (non-hydrogen) atoms. The van der Waals surface area contributed by atoms with E-state index in [1.165, 1.54) is 7.11 Å². The highest BCUT2D eigenvalue weighted by Gasteiger charge is 2.10. The van der Waals surface area contributed by atoms with Crippen LogP contribution in [0.1, 0.15) is 15.9 Å². The first-order valence-electron chi connectivity index (χ1n) is 6.70. The number of carbonyl (C=O) groups is 1. The summed E-state index contributed by atoms with van der Waals surface area (Å²) >= 11 is 6.04. The Morgan fingerprint density at radius 1 is 1.18 bits per heavy atom. The Labute approximate surface area is 132 Å². The van der Waals surface area contributed by atoms with Crippen LogP contribution < -0.4 is 0 Å². The van der Waals surface area contributed by atoms with Gasteiger partial charge in [0, 0.05) is 10.8 Å². The van der Waals surface area contributed by atoms with Crippen molar-refractivity contribution in [3.8, 4) is 11.1 Å². The Balaban J connectivity index is 2.16. The summed E-state index contributed by atoms with van der Waals surface area (Å²) in [6.45, 7) is 2.00. The molecule has 1 aromatic heterocycles. The molecule has 0 saturated heterocycles. The van der Waals surface area contributed by atoms with Crippen LogP contribution in [0.5, 0.6) is 0 Å². The van der Waals surface area contributed by atoms with E-state index >= 15 is 0 Å². The first kappa shape index (κ1) is 14.5. The quantitative estimate of drug-likeness (QED) is 0.670. The second-order valence-electron chi connectivity index (χ2n) is 4.96. The molecule has 1 heterocycles. The maximum atomic E-state index is 11.7. The molecule has 0 N–H and O–H groups in total. The standard InChI is InChI=1S/C17H13ClN2O2/c1-10-3-4-12(17(21)22-2)8-15(10)11-5-6-14-13(7-11)9-19-20-16(14)18/h3-9H,1-2H3. The van der Waals surface area contributed by atoms with Crippen LogP contribution in [0.4, 0.5) is 0 Å². The van der Waals surface area contributed by atoms with Gasteiger partial charge in [-0.1, -0.05) is 29.8 Å². The number of ether oxygens (including phenoxy) is 1. The van der Waals surface area contributed by atoms with Gasteiger partial charge in [0.2, 0.25) is 0 Å². The number of esters is 1. The van der Waals surface area contributed by atoms with Crippen molar-refractivity contribution in [2.45, 2.75) is 6.92 Å². The van der Waals surface area contributed by atoms with Gasteiger partial charge in [0.15, 0.2) is 5.15 Å². The molecule has 0 spiro atoms. The maximum Gasteiger partial charge on any atom is 0.337 e. The van der Waals surface area contributed by atoms with Crippen LogP contribution in [0.25, 0.3) is 21.9 Å². The number of carbonyl (C=O) groups excluding carboxylic acids is 1. The molecule has 2 aromatic carbocycles. The Kier molecular flexibility index (Phi) is 3.77. The van der Waals surface area contributed by atoms with Crippen molar-refractivity contribution in [2.75, 3.05) is 7.11 Å². The predicted molar refractivity (Wildman–Crippen MR) is 86.1 cm³/mol. The highest BCUT2D eigenvalue weighted by atomic mass is 35.5. The van der Waals surface area contributed by atoms with Gasteiger partial charge in [-0.05, 0) is 41.8 Å². The molecule has 0 fully saturated rings. The number of nitrogens with zero attached hydrogens (tertiary/aromatic N) is 2. The lowest BCUT2D eigenvalue weighted by molar-refractivity contribution is 0.0601. The van der Waals surface area contributed by atoms with Crippen LogP contribution in [-0.4, -0.2) is 23.3 Å². The van der Waals surface area contributed by atoms with Gasteiger partial charge in [0.25, 0.3) is 0 Å². The monoisotopic (exact) mass is 312 g/mol. The lowest BCUT2D eigenvalue weighted by atomic mass is 9.96. The molecule has 0 atom stereocenters. The molecule has 0 aliphatic heterocycles. The van der Waals surface area contributed by atoms with Crippen molar-refractivity contribution in [2.24, 2.45) is 0 Å². The summed E-state index contributed by atoms with van der Waals surface area (Å²) in [6.07, 6.45) is 1.67. The summed E-state index contributed by atoms with van der Waals surface area (Å²) in [5.74, 6) is -0.351. The van der Waals surface area contributed by atoms with Gasteiger partial charge < -0.3 is 4.74 Å². The van der Waals surface area contributed by atoms with Gasteiger partial charge in [0.1, 0.15) is 0 Å². The van der Waals surface area contributed by atoms with E-state index in [2.05, 4.69) is 10.2 Å². The molecule has 5 heteroatoms. The molecular formula is C17H13ClN2O2. The molecule has 0 aliphatic rings. The van der Waals surface area contributed by atoms with Crippen molar-refractivity contribution in [1.29, 1.82) is 0 Å². The van der Waals surface area contributed by atoms with E-state index in [0.717, 1.165) is 27.5 Å². The minimum absolute atomic E-state index is 0.351. The minimum Gasteiger partial charge on any atom is -0.465 e. The summed E-state index contributed by atoms with van der Waals surface area (Å²) in [6, 6.07) is 11.3. The third kappa shape index (κ3) is 2.53. The van der Waals surface area contributed by atoms with Gasteiger partial charge in [-0.2, -0.15) is 5.10 Å². The van der Waals surface area contributed by atoms with Crippen molar-refractivity contribution in [3.05, 3.63) is 58.9 Å². The van der Waals surface area contributed by atoms with Gasteiger partial charge in [-0.3, -0.25) is 0 Å². The first-order valence-corrected chi connectivity index (χ1v) is 7.08. The van der Waals surface area contributed by atoms with E-state index in [9.17, 15) is 4.79 Å². The average molecular weight is 313 g/mol. The zero-order chi connectivity index (χ0) is 15.7. The molecule has 0 saturated carbocycles. The van der Waals surface area contributed by atoms with Crippen LogP contribution in [0, 0.1) is 6.92 Å². The van der Waals surface area contributed by atoms with E-state index in [-0.39, 0.29) is 5.97 Å². The highest BCUT2D eigenvalue weighted by molar-refractivity contribution is 6.34. The van der Waals surface area contributed by atoms with Crippen molar-refractivity contribution < 1.29 is 9.53 Å². The molecule has 0 aliphatic carbocycles. The fourth-order valence-electron chi connectivity index (χ4n) is 2.40. The average Bonchev–Trinajstić information content (AvgIpc) is 2.54. The highest BCUT2D eigenvalue weighted by Crippen LogP contribution is 2.29. The molecule has 110 valence electrons. The molecule has 4 nitrogen and oxygen atoms in total. The van der Waals surface area contributed by atoms with Crippen LogP contribution in [-0.2, 0) is 4.74 Å². The smallest absolute Gasteiger partial charge is 0.337 e. The molecular weight excluding hydrogens is 300 g/mol. The second-order valence-corrected chi connectivity index (χ2v) is 5.32. The van der Waals surface area contributed by atoms with Crippen LogP contribution in [0.2, 0.25) is 5.15 Å². The summed E-state index contributed by atoms with van der Waals surface area (Å²) in [4.78, 5) is 11.7. The SMILES string of the molecule is COC(=O)c1ccc(C)c(-c2ccc3c(Cl)nncc3c2)c1. The normalized spacial score (nSPS) is 10.7. The van der Waals surface area contributed by atoms with Gasteiger partial charge >= 0.3 is 5.97 Å². The van der Waals surface area contributed by atoms with Gasteiger partial charge in [-0.15, -0.1) is 5.10 Å². The Bertz CT molecular complexity index is 878. The first-order chi connectivity index (χ1) is 10.6. The molecule has 3 rings (SSSR count). The Morgan fingerprint density at radius 3 is 2.77 bits per heavy atom. The Hall–Kier alpha value is -2.46.